The molecule has 38 heavy (non-hydrogen) atoms. The summed E-state index contributed by atoms with van der Waals surface area (Å²) in [7, 11) is 0. The Hall–Kier alpha value is -4.76. The highest BCUT2D eigenvalue weighted by molar-refractivity contribution is 6.15. The van der Waals surface area contributed by atoms with E-state index in [0.717, 1.165) is 33.1 Å². The van der Waals surface area contributed by atoms with Crippen LogP contribution in [0.2, 0.25) is 0 Å². The highest BCUT2D eigenvalue weighted by atomic mass is 16.5. The molecule has 0 aliphatic heterocycles. The van der Waals surface area contributed by atoms with Gasteiger partial charge >= 0.3 is 0 Å². The number of ether oxygens (including phenoxy) is 1. The Morgan fingerprint density at radius 3 is 2.87 bits per heavy atom. The van der Waals surface area contributed by atoms with Crippen molar-refractivity contribution in [2.24, 2.45) is 5.73 Å². The minimum absolute atomic E-state index is 0.0937. The van der Waals surface area contributed by atoms with Gasteiger partial charge in [-0.05, 0) is 54.8 Å². The number of benzene rings is 2. The topological polar surface area (TPSA) is 136 Å². The minimum Gasteiger partial charge on any atom is -0.491 e. The van der Waals surface area contributed by atoms with Crippen LogP contribution < -0.4 is 16.0 Å². The number of nitrogens with one attached hydrogen (secondary N) is 1. The van der Waals surface area contributed by atoms with Crippen LogP contribution in [-0.2, 0) is 0 Å². The predicted molar refractivity (Wildman–Crippen MR) is 146 cm³/mol. The number of rotatable bonds is 6. The predicted octanol–water partition coefficient (Wildman–Crippen LogP) is 3.87. The normalized spacial score (nSPS) is 15.6. The van der Waals surface area contributed by atoms with Crippen LogP contribution in [0, 0.1) is 0 Å². The summed E-state index contributed by atoms with van der Waals surface area (Å²) in [6, 6.07) is 12.9. The molecule has 3 aromatic heterocycles. The number of primary amides is 1. The van der Waals surface area contributed by atoms with E-state index in [1.165, 1.54) is 0 Å². The number of para-hydroxylation sites is 1. The van der Waals surface area contributed by atoms with E-state index in [1.54, 1.807) is 23.2 Å². The van der Waals surface area contributed by atoms with Crippen LogP contribution in [0.4, 0.5) is 0 Å². The molecule has 1 aliphatic carbocycles. The van der Waals surface area contributed by atoms with Crippen LogP contribution >= 0.6 is 0 Å². The van der Waals surface area contributed by atoms with Gasteiger partial charge < -0.3 is 20.6 Å². The first-order valence-electron chi connectivity index (χ1n) is 12.3. The van der Waals surface area contributed by atoms with Gasteiger partial charge in [-0.3, -0.25) is 14.2 Å². The molecule has 2 aromatic carbocycles. The number of H-pyrrole nitrogens is 1. The molecule has 4 N–H and O–H groups in total. The average molecular weight is 508 g/mol. The van der Waals surface area contributed by atoms with Crippen LogP contribution in [0.1, 0.15) is 35.3 Å². The van der Waals surface area contributed by atoms with Crippen LogP contribution in [0.3, 0.4) is 0 Å². The molecule has 0 radical (unpaired) electrons. The van der Waals surface area contributed by atoms with E-state index >= 15 is 0 Å². The number of nitrogens with zero attached hydrogens (tertiary/aromatic N) is 3. The fourth-order valence-electron chi connectivity index (χ4n) is 5.30. The lowest BCUT2D eigenvalue weighted by molar-refractivity contribution is 0.0997. The SMILES string of the molecule is CC1=C(n2cnc3ccccc3c2=O)C=CCC1c1cnc(C(N)=O)c2[nH]c3cc(OCCO)ccc3c12. The molecular weight excluding hydrogens is 482 g/mol. The van der Waals surface area contributed by atoms with E-state index in [-0.39, 0.29) is 30.4 Å². The van der Waals surface area contributed by atoms with Gasteiger partial charge in [-0.1, -0.05) is 18.2 Å². The molecule has 1 unspecified atom stereocenters. The molecule has 0 saturated carbocycles. The molecule has 9 nitrogen and oxygen atoms in total. The summed E-state index contributed by atoms with van der Waals surface area (Å²) >= 11 is 0. The van der Waals surface area contributed by atoms with Gasteiger partial charge in [0.15, 0.2) is 5.69 Å². The Morgan fingerprint density at radius 1 is 1.21 bits per heavy atom. The Kier molecular flexibility index (Phi) is 5.77. The summed E-state index contributed by atoms with van der Waals surface area (Å²) in [5.74, 6) is -0.139. The van der Waals surface area contributed by atoms with Crippen molar-refractivity contribution in [3.05, 3.63) is 94.3 Å². The van der Waals surface area contributed by atoms with Gasteiger partial charge in [-0.25, -0.2) is 9.97 Å². The zero-order chi connectivity index (χ0) is 26.4. The van der Waals surface area contributed by atoms with E-state index in [0.29, 0.717) is 28.6 Å². The van der Waals surface area contributed by atoms with Crippen molar-refractivity contribution in [3.63, 3.8) is 0 Å². The van der Waals surface area contributed by atoms with Gasteiger partial charge in [0, 0.05) is 34.7 Å². The van der Waals surface area contributed by atoms with Gasteiger partial charge in [-0.2, -0.15) is 0 Å². The van der Waals surface area contributed by atoms with Gasteiger partial charge in [0.05, 0.1) is 28.5 Å². The van der Waals surface area contributed by atoms with Crippen LogP contribution in [0.15, 0.2) is 77.5 Å². The Labute approximate surface area is 216 Å². The van der Waals surface area contributed by atoms with Gasteiger partial charge in [0.2, 0.25) is 0 Å². The van der Waals surface area contributed by atoms with E-state index in [1.807, 2.05) is 55.5 Å². The minimum atomic E-state index is -0.629. The first-order valence-corrected chi connectivity index (χ1v) is 12.3. The number of allylic oxidation sites excluding steroid dienone is 4. The highest BCUT2D eigenvalue weighted by Crippen LogP contribution is 2.41. The van der Waals surface area contributed by atoms with E-state index < -0.39 is 5.91 Å². The van der Waals surface area contributed by atoms with Crippen molar-refractivity contribution in [1.29, 1.82) is 0 Å². The third kappa shape index (κ3) is 3.75. The Balaban J connectivity index is 1.55. The highest BCUT2D eigenvalue weighted by Gasteiger charge is 2.26. The van der Waals surface area contributed by atoms with Crippen molar-refractivity contribution in [1.82, 2.24) is 19.5 Å². The monoisotopic (exact) mass is 507 g/mol. The zero-order valence-corrected chi connectivity index (χ0v) is 20.6. The van der Waals surface area contributed by atoms with Gasteiger partial charge in [0.1, 0.15) is 18.7 Å². The maximum atomic E-state index is 13.3. The van der Waals surface area contributed by atoms with Crippen molar-refractivity contribution in [3.8, 4) is 5.75 Å². The van der Waals surface area contributed by atoms with Gasteiger partial charge in [0.25, 0.3) is 11.5 Å². The molecule has 6 rings (SSSR count). The first-order chi connectivity index (χ1) is 18.5. The largest absolute Gasteiger partial charge is 0.491 e. The van der Waals surface area contributed by atoms with Gasteiger partial charge in [-0.15, -0.1) is 0 Å². The van der Waals surface area contributed by atoms with Crippen LogP contribution in [0.25, 0.3) is 38.4 Å². The summed E-state index contributed by atoms with van der Waals surface area (Å²) in [5.41, 5.74) is 10.3. The summed E-state index contributed by atoms with van der Waals surface area (Å²) in [6.45, 7) is 2.09. The number of carbonyl (C=O) groups is 1. The number of aromatic nitrogens is 4. The maximum absolute atomic E-state index is 13.3. The van der Waals surface area contributed by atoms with Crippen LogP contribution in [0.5, 0.6) is 5.75 Å². The molecule has 9 heteroatoms. The summed E-state index contributed by atoms with van der Waals surface area (Å²) in [5, 5.41) is 11.4. The quantitative estimate of drug-likeness (QED) is 0.319. The van der Waals surface area contributed by atoms with Crippen molar-refractivity contribution >= 4 is 44.3 Å². The van der Waals surface area contributed by atoms with Crippen molar-refractivity contribution in [2.45, 2.75) is 19.3 Å². The molecule has 0 saturated heterocycles. The zero-order valence-electron chi connectivity index (χ0n) is 20.6. The van der Waals surface area contributed by atoms with Crippen molar-refractivity contribution in [2.75, 3.05) is 13.2 Å². The third-order valence-electron chi connectivity index (χ3n) is 7.10. The van der Waals surface area contributed by atoms with E-state index in [2.05, 4.69) is 15.0 Å². The van der Waals surface area contributed by atoms with Crippen molar-refractivity contribution < 1.29 is 14.6 Å². The maximum Gasteiger partial charge on any atom is 0.269 e. The number of amides is 1. The number of nitrogens with two attached hydrogens (primary N) is 1. The number of aliphatic hydroxyl groups is 1. The molecule has 0 bridgehead atoms. The molecule has 1 aliphatic rings. The first kappa shape index (κ1) is 23.6. The molecule has 3 heterocycles. The lowest BCUT2D eigenvalue weighted by atomic mass is 9.83. The number of carbonyl (C=O) groups excluding carboxylic acids is 1. The number of aliphatic hydroxyl groups excluding tert-OH is 1. The number of fused-ring (bicyclic) bond motifs is 4. The lowest BCUT2D eigenvalue weighted by Gasteiger charge is -2.25. The third-order valence-corrected chi connectivity index (χ3v) is 7.10. The second kappa shape index (κ2) is 9.28. The second-order valence-corrected chi connectivity index (χ2v) is 9.28. The lowest BCUT2D eigenvalue weighted by Crippen LogP contribution is -2.22. The molecule has 0 fully saturated rings. The summed E-state index contributed by atoms with van der Waals surface area (Å²) in [4.78, 5) is 37.8. The second-order valence-electron chi connectivity index (χ2n) is 9.28. The van der Waals surface area contributed by atoms with E-state index in [4.69, 9.17) is 15.6 Å². The van der Waals surface area contributed by atoms with E-state index in [9.17, 15) is 9.59 Å². The summed E-state index contributed by atoms with van der Waals surface area (Å²) < 4.78 is 7.16. The van der Waals surface area contributed by atoms with Crippen LogP contribution in [-0.4, -0.2) is 43.7 Å². The molecule has 0 spiro atoms. The number of pyridine rings is 1. The standard InChI is InChI=1S/C29H25N5O4/c1-16-18(6-4-8-24(16)34-15-32-22-7-3-2-5-20(22)29(34)37)21-14-31-27(28(30)36)26-25(21)19-10-9-17(38-12-11-35)13-23(19)33-26/h2-5,7-10,13-15,18,33,35H,6,11-12H2,1H3,(H2,30,36). The molecule has 1 amide bonds. The molecule has 5 aromatic rings. The number of aromatic amines is 1. The summed E-state index contributed by atoms with van der Waals surface area (Å²) in [6.07, 6.45) is 7.96. The number of hydrogen-bond acceptors (Lipinski definition) is 6. The fraction of sp³-hybridized carbons (Fsp3) is 0.172. The smallest absolute Gasteiger partial charge is 0.269 e. The number of hydrogen-bond donors (Lipinski definition) is 3. The Morgan fingerprint density at radius 2 is 2.05 bits per heavy atom. The molecule has 1 atom stereocenters. The fourth-order valence-corrected chi connectivity index (χ4v) is 5.30. The molecule has 190 valence electrons. The molecular formula is C29H25N5O4. The Bertz CT molecular complexity index is 1860. The average Bonchev–Trinajstić information content (AvgIpc) is 3.31.